The lowest BCUT2D eigenvalue weighted by molar-refractivity contribution is -0.386. The van der Waals surface area contributed by atoms with Crippen molar-refractivity contribution >= 4 is 11.6 Å². The lowest BCUT2D eigenvalue weighted by atomic mass is 10.2. The standard InChI is InChI=1S/C14H17FN2O4/c1-9(18)16(2)11-4-5-12(8-11)21-14-7-10(15)3-6-13(14)17(19)20/h3,6-7,11-12H,4-5,8H2,1-2H3/t11-,12-/m0/s1. The van der Waals surface area contributed by atoms with Gasteiger partial charge >= 0.3 is 5.69 Å². The average Bonchev–Trinajstić information content (AvgIpc) is 2.85. The molecule has 1 saturated carbocycles. The van der Waals surface area contributed by atoms with Gasteiger partial charge in [0.25, 0.3) is 0 Å². The number of ether oxygens (including phenoxy) is 1. The summed E-state index contributed by atoms with van der Waals surface area (Å²) in [4.78, 5) is 23.3. The van der Waals surface area contributed by atoms with Gasteiger partial charge < -0.3 is 9.64 Å². The van der Waals surface area contributed by atoms with E-state index in [-0.39, 0.29) is 29.5 Å². The van der Waals surface area contributed by atoms with Crippen molar-refractivity contribution in [3.05, 3.63) is 34.1 Å². The number of nitro benzene ring substituents is 1. The fraction of sp³-hybridized carbons (Fsp3) is 0.500. The fourth-order valence-electron chi connectivity index (χ4n) is 2.55. The topological polar surface area (TPSA) is 72.7 Å². The highest BCUT2D eigenvalue weighted by Gasteiger charge is 2.31. The SMILES string of the molecule is CC(=O)N(C)[C@H]1CC[C@H](Oc2cc(F)ccc2[N+](=O)[O-])C1. The van der Waals surface area contributed by atoms with E-state index in [0.29, 0.717) is 12.8 Å². The molecule has 114 valence electrons. The number of rotatable bonds is 4. The monoisotopic (exact) mass is 296 g/mol. The van der Waals surface area contributed by atoms with Crippen LogP contribution < -0.4 is 4.74 Å². The van der Waals surface area contributed by atoms with E-state index in [0.717, 1.165) is 24.6 Å². The zero-order valence-electron chi connectivity index (χ0n) is 11.9. The first-order valence-corrected chi connectivity index (χ1v) is 6.72. The van der Waals surface area contributed by atoms with Gasteiger partial charge in [-0.1, -0.05) is 0 Å². The molecule has 0 heterocycles. The van der Waals surface area contributed by atoms with Crippen LogP contribution in [0.2, 0.25) is 0 Å². The van der Waals surface area contributed by atoms with E-state index in [1.54, 1.807) is 11.9 Å². The minimum absolute atomic E-state index is 0.0302. The summed E-state index contributed by atoms with van der Waals surface area (Å²) in [6.45, 7) is 1.49. The maximum absolute atomic E-state index is 13.2. The third-order valence-corrected chi connectivity index (χ3v) is 3.81. The first-order valence-electron chi connectivity index (χ1n) is 6.72. The molecule has 1 aliphatic rings. The Morgan fingerprint density at radius 3 is 2.81 bits per heavy atom. The molecule has 0 aromatic heterocycles. The molecule has 1 aromatic rings. The van der Waals surface area contributed by atoms with Crippen molar-refractivity contribution in [2.45, 2.75) is 38.3 Å². The maximum atomic E-state index is 13.2. The summed E-state index contributed by atoms with van der Waals surface area (Å²) < 4.78 is 18.8. The molecule has 0 radical (unpaired) electrons. The van der Waals surface area contributed by atoms with Gasteiger partial charge in [0.1, 0.15) is 11.9 Å². The number of carbonyl (C=O) groups excluding carboxylic acids is 1. The van der Waals surface area contributed by atoms with Gasteiger partial charge in [0, 0.05) is 38.6 Å². The molecule has 0 aliphatic heterocycles. The highest BCUT2D eigenvalue weighted by Crippen LogP contribution is 2.33. The van der Waals surface area contributed by atoms with E-state index in [1.165, 1.54) is 6.92 Å². The number of benzene rings is 1. The minimum atomic E-state index is -0.594. The van der Waals surface area contributed by atoms with E-state index < -0.39 is 10.7 Å². The number of nitro groups is 1. The smallest absolute Gasteiger partial charge is 0.311 e. The van der Waals surface area contributed by atoms with Crippen LogP contribution in [0.3, 0.4) is 0 Å². The molecule has 1 fully saturated rings. The summed E-state index contributed by atoms with van der Waals surface area (Å²) in [6, 6.07) is 3.21. The van der Waals surface area contributed by atoms with Crippen molar-refractivity contribution in [1.82, 2.24) is 4.90 Å². The highest BCUT2D eigenvalue weighted by molar-refractivity contribution is 5.73. The summed E-state index contributed by atoms with van der Waals surface area (Å²) in [5.41, 5.74) is -0.250. The zero-order chi connectivity index (χ0) is 15.6. The van der Waals surface area contributed by atoms with Gasteiger partial charge in [-0.15, -0.1) is 0 Å². The van der Waals surface area contributed by atoms with Crippen LogP contribution in [-0.4, -0.2) is 34.9 Å². The number of halogens is 1. The van der Waals surface area contributed by atoms with Crippen molar-refractivity contribution in [1.29, 1.82) is 0 Å². The molecular formula is C14H17FN2O4. The predicted molar refractivity (Wildman–Crippen MR) is 73.6 cm³/mol. The van der Waals surface area contributed by atoms with E-state index in [4.69, 9.17) is 4.74 Å². The van der Waals surface area contributed by atoms with Crippen molar-refractivity contribution in [2.24, 2.45) is 0 Å². The zero-order valence-corrected chi connectivity index (χ0v) is 11.9. The Balaban J connectivity index is 2.08. The summed E-state index contributed by atoms with van der Waals surface area (Å²) in [6.07, 6.45) is 1.78. The third kappa shape index (κ3) is 3.48. The molecule has 1 aliphatic carbocycles. The number of nitrogens with zero attached hydrogens (tertiary/aromatic N) is 2. The molecule has 0 N–H and O–H groups in total. The normalized spacial score (nSPS) is 21.1. The first-order chi connectivity index (χ1) is 9.88. The molecule has 21 heavy (non-hydrogen) atoms. The minimum Gasteiger partial charge on any atom is -0.483 e. The Bertz CT molecular complexity index is 564. The highest BCUT2D eigenvalue weighted by atomic mass is 19.1. The van der Waals surface area contributed by atoms with E-state index in [9.17, 15) is 19.3 Å². The second-order valence-corrected chi connectivity index (χ2v) is 5.21. The van der Waals surface area contributed by atoms with E-state index in [1.807, 2.05) is 0 Å². The van der Waals surface area contributed by atoms with E-state index >= 15 is 0 Å². The molecule has 7 heteroatoms. The van der Waals surface area contributed by atoms with Gasteiger partial charge in [-0.25, -0.2) is 4.39 Å². The Labute approximate surface area is 121 Å². The Kier molecular flexibility index (Phi) is 4.40. The summed E-state index contributed by atoms with van der Waals surface area (Å²) in [5.74, 6) is -0.667. The lowest BCUT2D eigenvalue weighted by Gasteiger charge is -2.23. The van der Waals surface area contributed by atoms with E-state index in [2.05, 4.69) is 0 Å². The third-order valence-electron chi connectivity index (χ3n) is 3.81. The van der Waals surface area contributed by atoms with Crippen LogP contribution in [-0.2, 0) is 4.79 Å². The van der Waals surface area contributed by atoms with Crippen LogP contribution in [0.5, 0.6) is 5.75 Å². The lowest BCUT2D eigenvalue weighted by Crippen LogP contribution is -2.34. The molecule has 0 bridgehead atoms. The number of hydrogen-bond donors (Lipinski definition) is 0. The van der Waals surface area contributed by atoms with Crippen LogP contribution in [0, 0.1) is 15.9 Å². The molecular weight excluding hydrogens is 279 g/mol. The van der Waals surface area contributed by atoms with Crippen LogP contribution in [0.15, 0.2) is 18.2 Å². The largest absolute Gasteiger partial charge is 0.483 e. The van der Waals surface area contributed by atoms with Gasteiger partial charge in [0.15, 0.2) is 5.75 Å². The van der Waals surface area contributed by atoms with Crippen molar-refractivity contribution in [2.75, 3.05) is 7.05 Å². The van der Waals surface area contributed by atoms with Gasteiger partial charge in [0.05, 0.1) is 4.92 Å². The fourth-order valence-corrected chi connectivity index (χ4v) is 2.55. The van der Waals surface area contributed by atoms with Gasteiger partial charge in [-0.2, -0.15) is 0 Å². The second kappa shape index (κ2) is 6.07. The van der Waals surface area contributed by atoms with Crippen molar-refractivity contribution in [3.8, 4) is 5.75 Å². The summed E-state index contributed by atoms with van der Waals surface area (Å²) >= 11 is 0. The molecule has 1 aromatic carbocycles. The molecule has 1 amide bonds. The first kappa shape index (κ1) is 15.2. The molecule has 0 unspecified atom stereocenters. The maximum Gasteiger partial charge on any atom is 0.311 e. The van der Waals surface area contributed by atoms with Crippen molar-refractivity contribution in [3.63, 3.8) is 0 Å². The Morgan fingerprint density at radius 1 is 1.48 bits per heavy atom. The van der Waals surface area contributed by atoms with Crippen LogP contribution in [0.1, 0.15) is 26.2 Å². The molecule has 0 spiro atoms. The van der Waals surface area contributed by atoms with Crippen LogP contribution in [0.25, 0.3) is 0 Å². The molecule has 6 nitrogen and oxygen atoms in total. The van der Waals surface area contributed by atoms with Crippen LogP contribution in [0.4, 0.5) is 10.1 Å². The van der Waals surface area contributed by atoms with Crippen molar-refractivity contribution < 1.29 is 18.8 Å². The number of amides is 1. The van der Waals surface area contributed by atoms with Gasteiger partial charge in [0.2, 0.25) is 5.91 Å². The van der Waals surface area contributed by atoms with Gasteiger partial charge in [-0.3, -0.25) is 14.9 Å². The Hall–Kier alpha value is -2.18. The molecule has 0 saturated heterocycles. The Morgan fingerprint density at radius 2 is 2.19 bits per heavy atom. The van der Waals surface area contributed by atoms with Gasteiger partial charge in [-0.05, 0) is 18.9 Å². The number of hydrogen-bond acceptors (Lipinski definition) is 4. The molecule has 2 rings (SSSR count). The quantitative estimate of drug-likeness (QED) is 0.632. The molecule has 2 atom stereocenters. The summed E-state index contributed by atoms with van der Waals surface area (Å²) in [7, 11) is 1.72. The average molecular weight is 296 g/mol. The van der Waals surface area contributed by atoms with Crippen LogP contribution >= 0.6 is 0 Å². The predicted octanol–water partition coefficient (Wildman–Crippen LogP) is 2.51. The summed E-state index contributed by atoms with van der Waals surface area (Å²) in [5, 5.41) is 10.9. The second-order valence-electron chi connectivity index (χ2n) is 5.21. The number of carbonyl (C=O) groups is 1.